The van der Waals surface area contributed by atoms with Crippen molar-refractivity contribution < 1.29 is 20.1 Å². The molecule has 2 saturated carbocycles. The van der Waals surface area contributed by atoms with Crippen molar-refractivity contribution in [3.63, 3.8) is 0 Å². The van der Waals surface area contributed by atoms with Crippen LogP contribution >= 0.6 is 0 Å². The quantitative estimate of drug-likeness (QED) is 0.739. The number of ether oxygens (including phenoxy) is 1. The van der Waals surface area contributed by atoms with Gasteiger partial charge in [0.1, 0.15) is 0 Å². The van der Waals surface area contributed by atoms with Crippen LogP contribution in [0.2, 0.25) is 0 Å². The molecule has 0 aliphatic heterocycles. The number of aliphatic hydroxyl groups excluding tert-OH is 1. The average molecular weight is 286 g/mol. The van der Waals surface area contributed by atoms with Gasteiger partial charge in [0.15, 0.2) is 0 Å². The molecule has 118 valence electrons. The number of hydrogen-bond donors (Lipinski definition) is 3. The molecule has 0 saturated heterocycles. The van der Waals surface area contributed by atoms with Gasteiger partial charge in [0, 0.05) is 7.11 Å². The van der Waals surface area contributed by atoms with E-state index in [0.29, 0.717) is 6.42 Å². The largest absolute Gasteiger partial charge is 0.393 e. The maximum atomic E-state index is 10.8. The Balaban J connectivity index is 2.29. The molecular weight excluding hydrogens is 256 g/mol. The summed E-state index contributed by atoms with van der Waals surface area (Å²) in [4.78, 5) is 0. The summed E-state index contributed by atoms with van der Waals surface area (Å²) in [5, 5.41) is 31.1. The van der Waals surface area contributed by atoms with Gasteiger partial charge in [-0.05, 0) is 70.6 Å². The first-order chi connectivity index (χ1) is 9.16. The van der Waals surface area contributed by atoms with E-state index in [0.717, 1.165) is 25.7 Å². The molecule has 20 heavy (non-hydrogen) atoms. The van der Waals surface area contributed by atoms with Crippen LogP contribution in [0.4, 0.5) is 0 Å². The molecule has 2 fully saturated rings. The predicted molar refractivity (Wildman–Crippen MR) is 77.3 cm³/mol. The number of aliphatic hydroxyl groups is 3. The van der Waals surface area contributed by atoms with E-state index in [2.05, 4.69) is 0 Å². The van der Waals surface area contributed by atoms with Crippen molar-refractivity contribution in [3.8, 4) is 0 Å². The molecule has 0 bridgehead atoms. The Morgan fingerprint density at radius 3 is 2.20 bits per heavy atom. The molecule has 2 rings (SSSR count). The lowest BCUT2D eigenvalue weighted by atomic mass is 9.74. The number of fused-ring (bicyclic) bond motifs is 1. The third-order valence-electron chi connectivity index (χ3n) is 6.23. The lowest BCUT2D eigenvalue weighted by Crippen LogP contribution is -2.44. The van der Waals surface area contributed by atoms with E-state index in [1.54, 1.807) is 7.11 Å². The molecule has 2 aliphatic rings. The van der Waals surface area contributed by atoms with E-state index >= 15 is 0 Å². The summed E-state index contributed by atoms with van der Waals surface area (Å²) in [5.41, 5.74) is -2.05. The van der Waals surface area contributed by atoms with Gasteiger partial charge < -0.3 is 20.1 Å². The molecule has 3 N–H and O–H groups in total. The van der Waals surface area contributed by atoms with Crippen molar-refractivity contribution in [3.05, 3.63) is 0 Å². The molecular formula is C16H30O4. The zero-order valence-electron chi connectivity index (χ0n) is 13.2. The van der Waals surface area contributed by atoms with Crippen molar-refractivity contribution in [1.29, 1.82) is 0 Å². The Bertz CT molecular complexity index is 346. The molecule has 0 aromatic rings. The third-order valence-corrected chi connectivity index (χ3v) is 6.23. The Hall–Kier alpha value is -0.160. The second-order valence-corrected chi connectivity index (χ2v) is 7.61. The lowest BCUT2D eigenvalue weighted by molar-refractivity contribution is -0.0961. The van der Waals surface area contributed by atoms with Gasteiger partial charge in [0.25, 0.3) is 0 Å². The summed E-state index contributed by atoms with van der Waals surface area (Å²) in [6.07, 6.45) is 3.95. The Kier molecular flexibility index (Phi) is 4.25. The van der Waals surface area contributed by atoms with Crippen LogP contribution in [0, 0.1) is 17.8 Å². The maximum Gasteiger partial charge on any atom is 0.0908 e. The molecule has 0 heterocycles. The van der Waals surface area contributed by atoms with E-state index < -0.39 is 16.8 Å². The van der Waals surface area contributed by atoms with Crippen molar-refractivity contribution in [2.24, 2.45) is 17.8 Å². The minimum Gasteiger partial charge on any atom is -0.393 e. The van der Waals surface area contributed by atoms with Gasteiger partial charge in [-0.2, -0.15) is 0 Å². The van der Waals surface area contributed by atoms with Gasteiger partial charge in [-0.3, -0.25) is 0 Å². The van der Waals surface area contributed by atoms with Crippen LogP contribution in [-0.2, 0) is 4.74 Å². The molecule has 1 unspecified atom stereocenters. The standard InChI is InChI=1S/C16H30O4/c1-14(18)7-5-11(16(3,10-17)20-4)9-13-12(14)6-8-15(13,2)19/h11-13,17-19H,5-10H2,1-4H3/t11-,12-,13-,14-,15-,16?/m1/s1. The second kappa shape index (κ2) is 5.24. The minimum atomic E-state index is -0.732. The highest BCUT2D eigenvalue weighted by molar-refractivity contribution is 5.05. The first kappa shape index (κ1) is 16.2. The zero-order valence-corrected chi connectivity index (χ0v) is 13.2. The third kappa shape index (κ3) is 2.63. The van der Waals surface area contributed by atoms with Crippen LogP contribution in [0.1, 0.15) is 52.9 Å². The minimum absolute atomic E-state index is 0.0319. The Morgan fingerprint density at radius 2 is 1.65 bits per heavy atom. The summed E-state index contributed by atoms with van der Waals surface area (Å²) >= 11 is 0. The van der Waals surface area contributed by atoms with Crippen LogP contribution in [0.3, 0.4) is 0 Å². The molecule has 6 atom stereocenters. The zero-order chi connectivity index (χ0) is 15.2. The molecule has 0 aromatic heterocycles. The van der Waals surface area contributed by atoms with E-state index in [4.69, 9.17) is 4.74 Å². The van der Waals surface area contributed by atoms with Crippen molar-refractivity contribution in [1.82, 2.24) is 0 Å². The van der Waals surface area contributed by atoms with E-state index in [9.17, 15) is 15.3 Å². The van der Waals surface area contributed by atoms with Crippen LogP contribution in [-0.4, -0.2) is 45.8 Å². The first-order valence-corrected chi connectivity index (χ1v) is 7.77. The van der Waals surface area contributed by atoms with Gasteiger partial charge in [-0.15, -0.1) is 0 Å². The summed E-state index contributed by atoms with van der Waals surface area (Å²) in [6.45, 7) is 5.68. The van der Waals surface area contributed by atoms with Gasteiger partial charge in [0.05, 0.1) is 23.4 Å². The van der Waals surface area contributed by atoms with Gasteiger partial charge >= 0.3 is 0 Å². The summed E-state index contributed by atoms with van der Waals surface area (Å²) < 4.78 is 5.55. The van der Waals surface area contributed by atoms with E-state index in [-0.39, 0.29) is 24.4 Å². The Labute approximate surface area is 122 Å². The number of hydrogen-bond acceptors (Lipinski definition) is 4. The maximum absolute atomic E-state index is 10.8. The van der Waals surface area contributed by atoms with Crippen LogP contribution in [0.25, 0.3) is 0 Å². The Morgan fingerprint density at radius 1 is 1.10 bits per heavy atom. The van der Waals surface area contributed by atoms with Crippen molar-refractivity contribution in [2.45, 2.75) is 69.7 Å². The fraction of sp³-hybridized carbons (Fsp3) is 1.00. The average Bonchev–Trinajstić information content (AvgIpc) is 2.60. The topological polar surface area (TPSA) is 69.9 Å². The van der Waals surface area contributed by atoms with Crippen LogP contribution in [0.5, 0.6) is 0 Å². The van der Waals surface area contributed by atoms with Gasteiger partial charge in [-0.25, -0.2) is 0 Å². The van der Waals surface area contributed by atoms with Crippen molar-refractivity contribution >= 4 is 0 Å². The molecule has 2 aliphatic carbocycles. The van der Waals surface area contributed by atoms with Crippen LogP contribution in [0.15, 0.2) is 0 Å². The monoisotopic (exact) mass is 286 g/mol. The first-order valence-electron chi connectivity index (χ1n) is 7.77. The molecule has 0 spiro atoms. The van der Waals surface area contributed by atoms with Gasteiger partial charge in [-0.1, -0.05) is 0 Å². The lowest BCUT2D eigenvalue weighted by Gasteiger charge is -2.38. The number of methoxy groups -OCH3 is 1. The fourth-order valence-electron chi connectivity index (χ4n) is 4.42. The van der Waals surface area contributed by atoms with Gasteiger partial charge in [0.2, 0.25) is 0 Å². The highest BCUT2D eigenvalue weighted by atomic mass is 16.5. The highest BCUT2D eigenvalue weighted by Gasteiger charge is 2.54. The summed E-state index contributed by atoms with van der Waals surface area (Å²) in [5.74, 6) is 0.372. The predicted octanol–water partition coefficient (Wildman–Crippen LogP) is 1.71. The van der Waals surface area contributed by atoms with Crippen LogP contribution < -0.4 is 0 Å². The summed E-state index contributed by atoms with van der Waals surface area (Å²) in [7, 11) is 1.63. The normalized spacial score (nSPS) is 48.5. The molecule has 0 amide bonds. The van der Waals surface area contributed by atoms with E-state index in [1.165, 1.54) is 0 Å². The van der Waals surface area contributed by atoms with Crippen molar-refractivity contribution in [2.75, 3.05) is 13.7 Å². The summed E-state index contributed by atoms with van der Waals surface area (Å²) in [6, 6.07) is 0. The van der Waals surface area contributed by atoms with E-state index in [1.807, 2.05) is 20.8 Å². The second-order valence-electron chi connectivity index (χ2n) is 7.61. The fourth-order valence-corrected chi connectivity index (χ4v) is 4.42. The molecule has 4 nitrogen and oxygen atoms in total. The SMILES string of the molecule is COC(C)(CO)[C@@H]1CC[C@@](C)(O)[C@@H]2CC[C@@](C)(O)[C@@H]2C1. The smallest absolute Gasteiger partial charge is 0.0908 e. The molecule has 0 aromatic carbocycles. The number of rotatable bonds is 3. The molecule has 4 heteroatoms. The highest BCUT2D eigenvalue weighted by Crippen LogP contribution is 2.53. The molecule has 0 radical (unpaired) electrons.